The molecule has 4 aromatic rings. The second-order valence-electron chi connectivity index (χ2n) is 7.87. The van der Waals surface area contributed by atoms with Gasteiger partial charge in [0, 0.05) is 11.1 Å². The number of aliphatic hydroxyl groups excluding tert-OH is 1. The maximum absolute atomic E-state index is 13.8. The van der Waals surface area contributed by atoms with Crippen LogP contribution in [0.5, 0.6) is 11.5 Å². The topological polar surface area (TPSA) is 89.0 Å². The third-order valence-corrected chi connectivity index (χ3v) is 6.85. The van der Waals surface area contributed by atoms with Gasteiger partial charge in [0.1, 0.15) is 23.4 Å². The molecule has 182 valence electrons. The molecule has 1 saturated heterocycles. The minimum absolute atomic E-state index is 0.130. The van der Waals surface area contributed by atoms with Gasteiger partial charge in [-0.15, -0.1) is 0 Å². The molecular weight excluding hydrogens is 490 g/mol. The number of thiazole rings is 1. The summed E-state index contributed by atoms with van der Waals surface area (Å²) in [5.41, 5.74) is 0.703. The Hall–Kier alpha value is -4.31. The molecule has 1 aliphatic heterocycles. The highest BCUT2D eigenvalue weighted by molar-refractivity contribution is 7.22. The summed E-state index contributed by atoms with van der Waals surface area (Å²) < 4.78 is 38.8. The van der Waals surface area contributed by atoms with Gasteiger partial charge in [-0.3, -0.25) is 14.5 Å². The number of methoxy groups -OCH3 is 2. The fraction of sp³-hybridized carbons (Fsp3) is 0.115. The Labute approximate surface area is 207 Å². The number of aromatic nitrogens is 1. The number of Topliss-reactive ketones (excluding diaryl/α,β-unsaturated/α-hetero) is 1. The molecule has 1 aliphatic rings. The van der Waals surface area contributed by atoms with Gasteiger partial charge in [-0.25, -0.2) is 13.8 Å². The summed E-state index contributed by atoms with van der Waals surface area (Å²) >= 11 is 1.02. The van der Waals surface area contributed by atoms with Gasteiger partial charge < -0.3 is 14.6 Å². The van der Waals surface area contributed by atoms with Crippen molar-refractivity contribution in [2.45, 2.75) is 6.04 Å². The number of carbonyl (C=O) groups is 2. The van der Waals surface area contributed by atoms with E-state index in [0.717, 1.165) is 28.4 Å². The molecule has 1 fully saturated rings. The number of halogens is 2. The Kier molecular flexibility index (Phi) is 5.89. The first kappa shape index (κ1) is 23.4. The van der Waals surface area contributed by atoms with Crippen LogP contribution in [-0.4, -0.2) is 36.0 Å². The Bertz CT molecular complexity index is 1550. The fourth-order valence-electron chi connectivity index (χ4n) is 4.20. The molecule has 0 aliphatic carbocycles. The average Bonchev–Trinajstić information content (AvgIpc) is 3.40. The van der Waals surface area contributed by atoms with Gasteiger partial charge in [-0.1, -0.05) is 23.5 Å². The lowest BCUT2D eigenvalue weighted by Gasteiger charge is -2.25. The summed E-state index contributed by atoms with van der Waals surface area (Å²) in [5, 5.41) is 11.3. The van der Waals surface area contributed by atoms with Crippen LogP contribution in [0.15, 0.2) is 66.2 Å². The molecule has 7 nitrogen and oxygen atoms in total. The standard InChI is InChI=1S/C26H18F2N2O5S/c1-34-18-5-3-4-16(24(18)35-2)21-20(22(31)13-6-8-14(27)9-7-13)23(32)25(33)30(21)26-29-17-11-10-15(28)12-19(17)36-26/h3-12,21,31H,1-2H3/b22-20+/t21-/m1/s1. The van der Waals surface area contributed by atoms with E-state index in [-0.39, 0.29) is 22.0 Å². The van der Waals surface area contributed by atoms with Gasteiger partial charge in [-0.2, -0.15) is 0 Å². The van der Waals surface area contributed by atoms with Crippen LogP contribution in [0, 0.1) is 11.6 Å². The summed E-state index contributed by atoms with van der Waals surface area (Å²) in [4.78, 5) is 32.3. The smallest absolute Gasteiger partial charge is 0.301 e. The molecular formula is C26H18F2N2O5S. The van der Waals surface area contributed by atoms with E-state index in [4.69, 9.17) is 9.47 Å². The predicted octanol–water partition coefficient (Wildman–Crippen LogP) is 5.22. The van der Waals surface area contributed by atoms with Gasteiger partial charge in [-0.05, 0) is 48.5 Å². The molecule has 0 saturated carbocycles. The molecule has 1 amide bonds. The number of anilines is 1. The lowest BCUT2D eigenvalue weighted by Crippen LogP contribution is -2.29. The van der Waals surface area contributed by atoms with Crippen LogP contribution in [0.3, 0.4) is 0 Å². The van der Waals surface area contributed by atoms with Gasteiger partial charge in [0.2, 0.25) is 0 Å². The van der Waals surface area contributed by atoms with Gasteiger partial charge in [0.05, 0.1) is 30.0 Å². The summed E-state index contributed by atoms with van der Waals surface area (Å²) in [6, 6.07) is 12.7. The molecule has 0 bridgehead atoms. The molecule has 2 heterocycles. The van der Waals surface area contributed by atoms with E-state index in [2.05, 4.69) is 4.98 Å². The van der Waals surface area contributed by atoms with E-state index in [9.17, 15) is 23.5 Å². The molecule has 0 spiro atoms. The highest BCUT2D eigenvalue weighted by Gasteiger charge is 2.49. The molecule has 1 aromatic heterocycles. The molecule has 5 rings (SSSR count). The third-order valence-electron chi connectivity index (χ3n) is 5.84. The quantitative estimate of drug-likeness (QED) is 0.226. The van der Waals surface area contributed by atoms with E-state index < -0.39 is 35.1 Å². The van der Waals surface area contributed by atoms with E-state index in [0.29, 0.717) is 21.5 Å². The van der Waals surface area contributed by atoms with Gasteiger partial charge in [0.15, 0.2) is 16.6 Å². The zero-order chi connectivity index (χ0) is 25.6. The second-order valence-corrected chi connectivity index (χ2v) is 8.88. The molecule has 36 heavy (non-hydrogen) atoms. The van der Waals surface area contributed by atoms with Crippen molar-refractivity contribution in [1.82, 2.24) is 4.98 Å². The summed E-state index contributed by atoms with van der Waals surface area (Å²) in [6.07, 6.45) is 0. The van der Waals surface area contributed by atoms with E-state index in [1.54, 1.807) is 18.2 Å². The molecule has 10 heteroatoms. The Morgan fingerprint density at radius 2 is 1.72 bits per heavy atom. The first-order valence-corrected chi connectivity index (χ1v) is 11.5. The third kappa shape index (κ3) is 3.75. The van der Waals surface area contributed by atoms with Gasteiger partial charge >= 0.3 is 5.91 Å². The number of para-hydroxylation sites is 1. The van der Waals surface area contributed by atoms with Crippen LogP contribution in [0.4, 0.5) is 13.9 Å². The lowest BCUT2D eigenvalue weighted by atomic mass is 9.94. The molecule has 3 aromatic carbocycles. The van der Waals surface area contributed by atoms with Crippen molar-refractivity contribution in [3.63, 3.8) is 0 Å². The first-order chi connectivity index (χ1) is 17.3. The summed E-state index contributed by atoms with van der Waals surface area (Å²) in [7, 11) is 2.85. The summed E-state index contributed by atoms with van der Waals surface area (Å²) in [6.45, 7) is 0. The average molecular weight is 509 g/mol. The molecule has 1 atom stereocenters. The summed E-state index contributed by atoms with van der Waals surface area (Å²) in [5.74, 6) is -2.80. The maximum Gasteiger partial charge on any atom is 0.301 e. The highest BCUT2D eigenvalue weighted by atomic mass is 32.1. The molecule has 0 unspecified atom stereocenters. The van der Waals surface area contributed by atoms with Crippen molar-refractivity contribution in [3.05, 3.63) is 89.0 Å². The first-order valence-electron chi connectivity index (χ1n) is 10.7. The van der Waals surface area contributed by atoms with Crippen LogP contribution < -0.4 is 14.4 Å². The maximum atomic E-state index is 13.8. The monoisotopic (exact) mass is 508 g/mol. The van der Waals surface area contributed by atoms with Crippen LogP contribution in [0.25, 0.3) is 16.0 Å². The highest BCUT2D eigenvalue weighted by Crippen LogP contribution is 2.48. The zero-order valence-electron chi connectivity index (χ0n) is 19.0. The minimum Gasteiger partial charge on any atom is -0.507 e. The van der Waals surface area contributed by atoms with E-state index >= 15 is 0 Å². The van der Waals surface area contributed by atoms with Crippen molar-refractivity contribution in [2.75, 3.05) is 19.1 Å². The number of rotatable bonds is 5. The Balaban J connectivity index is 1.79. The normalized spacial score (nSPS) is 17.1. The fourth-order valence-corrected chi connectivity index (χ4v) is 5.22. The molecule has 1 N–H and O–H groups in total. The van der Waals surface area contributed by atoms with E-state index in [1.165, 1.54) is 44.6 Å². The van der Waals surface area contributed by atoms with Crippen LogP contribution in [0.1, 0.15) is 17.2 Å². The number of hydrogen-bond donors (Lipinski definition) is 1. The van der Waals surface area contributed by atoms with Crippen molar-refractivity contribution in [1.29, 1.82) is 0 Å². The number of ether oxygens (including phenoxy) is 2. The van der Waals surface area contributed by atoms with Crippen LogP contribution >= 0.6 is 11.3 Å². The number of aliphatic hydroxyl groups is 1. The lowest BCUT2D eigenvalue weighted by molar-refractivity contribution is -0.132. The number of nitrogens with zero attached hydrogens (tertiary/aromatic N) is 2. The SMILES string of the molecule is COc1cccc([C@@H]2/C(=C(\O)c3ccc(F)cc3)C(=O)C(=O)N2c2nc3ccc(F)cc3s2)c1OC. The number of benzene rings is 3. The number of ketones is 1. The minimum atomic E-state index is -1.16. The number of amides is 1. The number of carbonyl (C=O) groups excluding carboxylic acids is 2. The van der Waals surface area contributed by atoms with Crippen molar-refractivity contribution >= 4 is 44.1 Å². The second kappa shape index (κ2) is 9.04. The van der Waals surface area contributed by atoms with E-state index in [1.807, 2.05) is 0 Å². The largest absolute Gasteiger partial charge is 0.507 e. The molecule has 0 radical (unpaired) electrons. The van der Waals surface area contributed by atoms with Crippen molar-refractivity contribution in [2.24, 2.45) is 0 Å². The Morgan fingerprint density at radius 3 is 2.42 bits per heavy atom. The van der Waals surface area contributed by atoms with Crippen molar-refractivity contribution < 1.29 is 33.0 Å². The van der Waals surface area contributed by atoms with Gasteiger partial charge in [0.25, 0.3) is 5.78 Å². The van der Waals surface area contributed by atoms with Crippen molar-refractivity contribution in [3.8, 4) is 11.5 Å². The van der Waals surface area contributed by atoms with Crippen LogP contribution in [0.2, 0.25) is 0 Å². The number of fused-ring (bicyclic) bond motifs is 1. The zero-order valence-corrected chi connectivity index (χ0v) is 19.8. The predicted molar refractivity (Wildman–Crippen MR) is 130 cm³/mol. The van der Waals surface area contributed by atoms with Crippen LogP contribution in [-0.2, 0) is 9.59 Å². The Morgan fingerprint density at radius 1 is 1.00 bits per heavy atom. The number of hydrogen-bond acceptors (Lipinski definition) is 7.